The number of aromatic amines is 1. The first-order chi connectivity index (χ1) is 12.2. The van der Waals surface area contributed by atoms with Gasteiger partial charge in [0.05, 0.1) is 6.20 Å². The van der Waals surface area contributed by atoms with Crippen molar-refractivity contribution in [3.63, 3.8) is 0 Å². The summed E-state index contributed by atoms with van der Waals surface area (Å²) in [5, 5.41) is 2.93. The van der Waals surface area contributed by atoms with Gasteiger partial charge >= 0.3 is 0 Å². The fourth-order valence-corrected chi connectivity index (χ4v) is 3.70. The van der Waals surface area contributed by atoms with E-state index in [2.05, 4.69) is 20.2 Å². The molecule has 1 aromatic rings. The summed E-state index contributed by atoms with van der Waals surface area (Å²) in [6.07, 6.45) is 6.91. The summed E-state index contributed by atoms with van der Waals surface area (Å²) in [5.74, 6) is 1.35. The van der Waals surface area contributed by atoms with Gasteiger partial charge in [-0.25, -0.2) is 4.98 Å². The smallest absolute Gasteiger partial charge is 0.269 e. The molecule has 1 saturated carbocycles. The Hall–Kier alpha value is -1.89. The van der Waals surface area contributed by atoms with Gasteiger partial charge in [0.1, 0.15) is 11.5 Å². The molecule has 138 valence electrons. The van der Waals surface area contributed by atoms with E-state index in [0.29, 0.717) is 18.1 Å². The largest absolute Gasteiger partial charge is 0.349 e. The predicted molar refractivity (Wildman–Crippen MR) is 95.3 cm³/mol. The topological polar surface area (TPSA) is 81.3 Å². The molecule has 0 spiro atoms. The minimum atomic E-state index is -0.109. The van der Waals surface area contributed by atoms with E-state index in [0.717, 1.165) is 57.8 Å². The molecule has 0 unspecified atom stereocenters. The molecule has 2 aliphatic rings. The van der Waals surface area contributed by atoms with Crippen molar-refractivity contribution in [2.24, 2.45) is 5.92 Å². The van der Waals surface area contributed by atoms with Crippen LogP contribution in [0.3, 0.4) is 0 Å². The number of hydrogen-bond acceptors (Lipinski definition) is 4. The predicted octanol–water partition coefficient (Wildman–Crippen LogP) is 1.04. The van der Waals surface area contributed by atoms with Gasteiger partial charge in [0.2, 0.25) is 5.91 Å². The lowest BCUT2D eigenvalue weighted by atomic mass is 10.1. The molecule has 1 saturated heterocycles. The summed E-state index contributed by atoms with van der Waals surface area (Å²) < 4.78 is 0. The first-order valence-corrected chi connectivity index (χ1v) is 9.50. The molecule has 2 heterocycles. The quantitative estimate of drug-likeness (QED) is 0.805. The second kappa shape index (κ2) is 8.47. The van der Waals surface area contributed by atoms with Crippen molar-refractivity contribution in [3.05, 3.63) is 17.7 Å². The Bertz CT molecular complexity index is 586. The highest BCUT2D eigenvalue weighted by Crippen LogP contribution is 2.26. The molecule has 7 nitrogen and oxygen atoms in total. The van der Waals surface area contributed by atoms with Crippen LogP contribution < -0.4 is 5.32 Å². The van der Waals surface area contributed by atoms with Crippen LogP contribution in [-0.2, 0) is 11.2 Å². The Morgan fingerprint density at radius 3 is 2.60 bits per heavy atom. The van der Waals surface area contributed by atoms with Gasteiger partial charge in [-0.15, -0.1) is 0 Å². The Labute approximate surface area is 149 Å². The third-order valence-electron chi connectivity index (χ3n) is 5.31. The van der Waals surface area contributed by atoms with E-state index >= 15 is 0 Å². The number of carbonyl (C=O) groups excluding carboxylic acids is 2. The summed E-state index contributed by atoms with van der Waals surface area (Å²) >= 11 is 0. The zero-order chi connectivity index (χ0) is 17.6. The van der Waals surface area contributed by atoms with Crippen LogP contribution in [0.2, 0.25) is 0 Å². The molecule has 2 fully saturated rings. The number of nitrogens with one attached hydrogen (secondary N) is 2. The molecule has 1 aliphatic heterocycles. The number of nitrogens with zero attached hydrogens (tertiary/aromatic N) is 3. The van der Waals surface area contributed by atoms with Gasteiger partial charge < -0.3 is 15.2 Å². The Balaban J connectivity index is 1.35. The normalized spacial score (nSPS) is 19.3. The number of aryl methyl sites for hydroxylation is 1. The van der Waals surface area contributed by atoms with Crippen molar-refractivity contribution in [3.8, 4) is 0 Å². The Morgan fingerprint density at radius 2 is 1.96 bits per heavy atom. The molecule has 0 radical (unpaired) electrons. The van der Waals surface area contributed by atoms with E-state index in [1.54, 1.807) is 6.20 Å². The maximum atomic E-state index is 12.4. The average molecular weight is 347 g/mol. The highest BCUT2D eigenvalue weighted by Gasteiger charge is 2.29. The Kier molecular flexibility index (Phi) is 6.07. The van der Waals surface area contributed by atoms with E-state index < -0.39 is 0 Å². The second-order valence-corrected chi connectivity index (χ2v) is 7.00. The lowest BCUT2D eigenvalue weighted by Crippen LogP contribution is -2.51. The van der Waals surface area contributed by atoms with E-state index in [-0.39, 0.29) is 11.8 Å². The SMILES string of the molecule is CCc1ncc(C(=O)NCCN2CCN(C(=O)C3CCCC3)CC2)[nH]1. The third kappa shape index (κ3) is 4.60. The van der Waals surface area contributed by atoms with Gasteiger partial charge in [0.15, 0.2) is 0 Å². The van der Waals surface area contributed by atoms with Crippen molar-refractivity contribution in [2.75, 3.05) is 39.3 Å². The van der Waals surface area contributed by atoms with Gasteiger partial charge in [0, 0.05) is 51.6 Å². The highest BCUT2D eigenvalue weighted by molar-refractivity contribution is 5.92. The fourth-order valence-electron chi connectivity index (χ4n) is 3.70. The number of H-pyrrole nitrogens is 1. The molecule has 7 heteroatoms. The third-order valence-corrected chi connectivity index (χ3v) is 5.31. The number of imidazole rings is 1. The van der Waals surface area contributed by atoms with Crippen molar-refractivity contribution in [1.82, 2.24) is 25.1 Å². The van der Waals surface area contributed by atoms with Crippen LogP contribution in [0.4, 0.5) is 0 Å². The van der Waals surface area contributed by atoms with E-state index in [1.807, 2.05) is 11.8 Å². The van der Waals surface area contributed by atoms with Gasteiger partial charge in [-0.1, -0.05) is 19.8 Å². The zero-order valence-electron chi connectivity index (χ0n) is 15.1. The number of piperazine rings is 1. The second-order valence-electron chi connectivity index (χ2n) is 7.00. The molecule has 0 bridgehead atoms. The number of rotatable bonds is 6. The molecule has 2 amide bonds. The number of aromatic nitrogens is 2. The van der Waals surface area contributed by atoms with Crippen molar-refractivity contribution < 1.29 is 9.59 Å². The standard InChI is InChI=1S/C18H29N5O2/c1-2-16-20-13-15(21-16)17(24)19-7-8-22-9-11-23(12-10-22)18(25)14-5-3-4-6-14/h13-14H,2-12H2,1H3,(H,19,24)(H,20,21). The number of amides is 2. The van der Waals surface area contributed by atoms with Crippen LogP contribution in [-0.4, -0.2) is 70.9 Å². The van der Waals surface area contributed by atoms with Crippen LogP contribution in [0, 0.1) is 5.92 Å². The first kappa shape index (κ1) is 17.9. The summed E-state index contributed by atoms with van der Waals surface area (Å²) in [7, 11) is 0. The van der Waals surface area contributed by atoms with E-state index in [1.165, 1.54) is 12.8 Å². The molecule has 0 aromatic carbocycles. The molecular weight excluding hydrogens is 318 g/mol. The minimum Gasteiger partial charge on any atom is -0.349 e. The zero-order valence-corrected chi connectivity index (χ0v) is 15.1. The first-order valence-electron chi connectivity index (χ1n) is 9.50. The van der Waals surface area contributed by atoms with E-state index in [4.69, 9.17) is 0 Å². The van der Waals surface area contributed by atoms with Crippen LogP contribution in [0.15, 0.2) is 6.20 Å². The lowest BCUT2D eigenvalue weighted by molar-refractivity contribution is -0.137. The highest BCUT2D eigenvalue weighted by atomic mass is 16.2. The van der Waals surface area contributed by atoms with Crippen LogP contribution in [0.5, 0.6) is 0 Å². The van der Waals surface area contributed by atoms with Crippen molar-refractivity contribution >= 4 is 11.8 Å². The molecule has 2 N–H and O–H groups in total. The molecular formula is C18H29N5O2. The van der Waals surface area contributed by atoms with Gasteiger partial charge in [-0.05, 0) is 12.8 Å². The minimum absolute atomic E-state index is 0.109. The number of carbonyl (C=O) groups is 2. The average Bonchev–Trinajstić information content (AvgIpc) is 3.33. The molecule has 25 heavy (non-hydrogen) atoms. The monoisotopic (exact) mass is 347 g/mol. The molecule has 3 rings (SSSR count). The molecule has 1 aromatic heterocycles. The van der Waals surface area contributed by atoms with Crippen molar-refractivity contribution in [2.45, 2.75) is 39.0 Å². The summed E-state index contributed by atoms with van der Waals surface area (Å²) in [6.45, 7) is 6.81. The van der Waals surface area contributed by atoms with E-state index in [9.17, 15) is 9.59 Å². The van der Waals surface area contributed by atoms with Crippen LogP contribution in [0.25, 0.3) is 0 Å². The molecule has 1 aliphatic carbocycles. The fraction of sp³-hybridized carbons (Fsp3) is 0.722. The van der Waals surface area contributed by atoms with Gasteiger partial charge in [0.25, 0.3) is 5.91 Å². The molecule has 0 atom stereocenters. The lowest BCUT2D eigenvalue weighted by Gasteiger charge is -2.36. The van der Waals surface area contributed by atoms with Crippen LogP contribution in [0.1, 0.15) is 48.9 Å². The van der Waals surface area contributed by atoms with Crippen LogP contribution >= 0.6 is 0 Å². The summed E-state index contributed by atoms with van der Waals surface area (Å²) in [5.41, 5.74) is 0.517. The maximum Gasteiger partial charge on any atom is 0.269 e. The maximum absolute atomic E-state index is 12.4. The van der Waals surface area contributed by atoms with Gasteiger partial charge in [-0.2, -0.15) is 0 Å². The Morgan fingerprint density at radius 1 is 1.24 bits per heavy atom. The summed E-state index contributed by atoms with van der Waals surface area (Å²) in [6, 6.07) is 0. The van der Waals surface area contributed by atoms with Gasteiger partial charge in [-0.3, -0.25) is 14.5 Å². The van der Waals surface area contributed by atoms with Crippen molar-refractivity contribution in [1.29, 1.82) is 0 Å². The number of hydrogen-bond donors (Lipinski definition) is 2. The summed E-state index contributed by atoms with van der Waals surface area (Å²) in [4.78, 5) is 36.0.